The van der Waals surface area contributed by atoms with Crippen LogP contribution in [-0.2, 0) is 0 Å². The average Bonchev–Trinajstić information content (AvgIpc) is 2.67. The van der Waals surface area contributed by atoms with Crippen molar-refractivity contribution in [2.24, 2.45) is 0 Å². The fourth-order valence-electron chi connectivity index (χ4n) is 2.92. The Morgan fingerprint density at radius 3 is 2.52 bits per heavy atom. The van der Waals surface area contributed by atoms with Gasteiger partial charge < -0.3 is 9.72 Å². The van der Waals surface area contributed by atoms with Gasteiger partial charge in [-0.2, -0.15) is 0 Å². The zero-order valence-electron chi connectivity index (χ0n) is 14.8. The summed E-state index contributed by atoms with van der Waals surface area (Å²) in [4.78, 5) is 12.1. The van der Waals surface area contributed by atoms with Crippen LogP contribution >= 0.6 is 23.8 Å². The van der Waals surface area contributed by atoms with Gasteiger partial charge >= 0.3 is 0 Å². The number of methoxy groups -OCH3 is 1. The highest BCUT2D eigenvalue weighted by molar-refractivity contribution is 7.71. The van der Waals surface area contributed by atoms with Gasteiger partial charge in [-0.15, -0.1) is 0 Å². The number of aryl methyl sites for hydroxylation is 1. The fourth-order valence-corrected chi connectivity index (χ4v) is 3.38. The van der Waals surface area contributed by atoms with E-state index in [4.69, 9.17) is 28.6 Å². The van der Waals surface area contributed by atoms with E-state index in [-0.39, 0.29) is 0 Å². The monoisotopic (exact) mass is 393 g/mol. The highest BCUT2D eigenvalue weighted by Crippen LogP contribution is 2.31. The van der Waals surface area contributed by atoms with Gasteiger partial charge in [-0.25, -0.2) is 9.97 Å². The molecule has 4 aromatic rings. The van der Waals surface area contributed by atoms with Gasteiger partial charge in [0.25, 0.3) is 0 Å². The average molecular weight is 394 g/mol. The van der Waals surface area contributed by atoms with Crippen LogP contribution in [0.25, 0.3) is 33.4 Å². The van der Waals surface area contributed by atoms with Crippen molar-refractivity contribution >= 4 is 34.7 Å². The molecule has 4 nitrogen and oxygen atoms in total. The molecule has 0 saturated heterocycles. The number of fused-ring (bicyclic) bond motifs is 1. The fraction of sp³-hybridized carbons (Fsp3) is 0.0952. The SMILES string of the molecule is COc1ccc2nc(Cl)c(-c3cc(-c4ccc(C)cc4)nc(=S)[nH]3)cc2c1. The molecule has 0 unspecified atom stereocenters. The Bertz CT molecular complexity index is 1200. The third-order valence-corrected chi connectivity index (χ3v) is 4.84. The van der Waals surface area contributed by atoms with Gasteiger partial charge in [-0.1, -0.05) is 41.4 Å². The molecule has 0 amide bonds. The van der Waals surface area contributed by atoms with Crippen LogP contribution in [0.3, 0.4) is 0 Å². The molecule has 134 valence electrons. The van der Waals surface area contributed by atoms with E-state index in [0.717, 1.165) is 39.2 Å². The largest absolute Gasteiger partial charge is 0.497 e. The second-order valence-corrected chi connectivity index (χ2v) is 6.98. The highest BCUT2D eigenvalue weighted by atomic mass is 35.5. The minimum Gasteiger partial charge on any atom is -0.497 e. The molecule has 2 aromatic carbocycles. The third-order valence-electron chi connectivity index (χ3n) is 4.36. The third kappa shape index (κ3) is 3.56. The van der Waals surface area contributed by atoms with Gasteiger partial charge in [0, 0.05) is 16.5 Å². The van der Waals surface area contributed by atoms with Crippen LogP contribution < -0.4 is 4.74 Å². The predicted octanol–water partition coefficient (Wildman–Crippen LogP) is 5.99. The minimum absolute atomic E-state index is 0.393. The molecular formula is C21H16ClN3OS. The van der Waals surface area contributed by atoms with E-state index in [0.29, 0.717) is 9.92 Å². The summed E-state index contributed by atoms with van der Waals surface area (Å²) in [6.07, 6.45) is 0. The number of aromatic nitrogens is 3. The highest BCUT2D eigenvalue weighted by Gasteiger charge is 2.11. The summed E-state index contributed by atoms with van der Waals surface area (Å²) in [7, 11) is 1.64. The maximum Gasteiger partial charge on any atom is 0.197 e. The number of pyridine rings is 1. The molecule has 2 heterocycles. The molecule has 4 rings (SSSR count). The number of ether oxygens (including phenoxy) is 1. The zero-order chi connectivity index (χ0) is 19.0. The topological polar surface area (TPSA) is 50.8 Å². The van der Waals surface area contributed by atoms with Crippen LogP contribution in [0.4, 0.5) is 0 Å². The molecule has 0 atom stereocenters. The zero-order valence-corrected chi connectivity index (χ0v) is 16.4. The lowest BCUT2D eigenvalue weighted by molar-refractivity contribution is 0.415. The molecule has 27 heavy (non-hydrogen) atoms. The second kappa shape index (κ2) is 7.10. The molecule has 0 spiro atoms. The number of H-pyrrole nitrogens is 1. The van der Waals surface area contributed by atoms with Crippen molar-refractivity contribution in [3.63, 3.8) is 0 Å². The molecular weight excluding hydrogens is 378 g/mol. The molecule has 1 N–H and O–H groups in total. The maximum atomic E-state index is 6.47. The van der Waals surface area contributed by atoms with Crippen LogP contribution in [0.15, 0.2) is 54.6 Å². The van der Waals surface area contributed by atoms with Gasteiger partial charge in [-0.3, -0.25) is 0 Å². The van der Waals surface area contributed by atoms with Gasteiger partial charge in [0.2, 0.25) is 0 Å². The summed E-state index contributed by atoms with van der Waals surface area (Å²) >= 11 is 11.8. The molecule has 0 aliphatic rings. The van der Waals surface area contributed by atoms with Gasteiger partial charge in [0.1, 0.15) is 10.9 Å². The Morgan fingerprint density at radius 1 is 1.00 bits per heavy atom. The summed E-state index contributed by atoms with van der Waals surface area (Å²) in [5, 5.41) is 1.33. The van der Waals surface area contributed by atoms with Crippen LogP contribution in [0.1, 0.15) is 5.56 Å². The molecule has 0 saturated carbocycles. The van der Waals surface area contributed by atoms with E-state index in [9.17, 15) is 0 Å². The Kier molecular flexibility index (Phi) is 4.64. The van der Waals surface area contributed by atoms with Crippen molar-refractivity contribution in [2.75, 3.05) is 7.11 Å². The predicted molar refractivity (Wildman–Crippen MR) is 112 cm³/mol. The lowest BCUT2D eigenvalue weighted by atomic mass is 10.1. The summed E-state index contributed by atoms with van der Waals surface area (Å²) < 4.78 is 5.70. The lowest BCUT2D eigenvalue weighted by Gasteiger charge is -2.09. The Hall–Kier alpha value is -2.76. The first-order chi connectivity index (χ1) is 13.0. The summed E-state index contributed by atoms with van der Waals surface area (Å²) in [5.74, 6) is 0.764. The molecule has 6 heteroatoms. The number of hydrogen-bond donors (Lipinski definition) is 1. The molecule has 0 aliphatic carbocycles. The summed E-state index contributed by atoms with van der Waals surface area (Å²) in [6.45, 7) is 2.05. The summed E-state index contributed by atoms with van der Waals surface area (Å²) in [6, 6.07) is 17.8. The molecule has 0 aliphatic heterocycles. The van der Waals surface area contributed by atoms with Crippen molar-refractivity contribution < 1.29 is 4.74 Å². The number of nitrogens with zero attached hydrogens (tertiary/aromatic N) is 2. The van der Waals surface area contributed by atoms with E-state index in [1.54, 1.807) is 7.11 Å². The number of rotatable bonds is 3. The van der Waals surface area contributed by atoms with Gasteiger partial charge in [-0.05, 0) is 49.5 Å². The Balaban J connectivity index is 1.88. The first kappa shape index (κ1) is 17.6. The van der Waals surface area contributed by atoms with Crippen molar-refractivity contribution in [3.8, 4) is 28.3 Å². The number of benzene rings is 2. The number of halogens is 1. The quantitative estimate of drug-likeness (QED) is 0.343. The van der Waals surface area contributed by atoms with Crippen LogP contribution in [-0.4, -0.2) is 22.1 Å². The van der Waals surface area contributed by atoms with Crippen LogP contribution in [0, 0.1) is 11.7 Å². The molecule has 0 radical (unpaired) electrons. The molecule has 0 fully saturated rings. The standard InChI is InChI=1S/C21H16ClN3OS/c1-12-3-5-13(6-4-12)18-11-19(25-21(27)24-18)16-10-14-9-15(26-2)7-8-17(14)23-20(16)22/h3-11H,1-2H3,(H,24,25,27). The van der Waals surface area contributed by atoms with Gasteiger partial charge in [0.15, 0.2) is 4.77 Å². The summed E-state index contributed by atoms with van der Waals surface area (Å²) in [5.41, 5.74) is 5.31. The van der Waals surface area contributed by atoms with Crippen LogP contribution in [0.5, 0.6) is 5.75 Å². The van der Waals surface area contributed by atoms with E-state index in [2.05, 4.69) is 21.9 Å². The van der Waals surface area contributed by atoms with Crippen molar-refractivity contribution in [1.82, 2.24) is 15.0 Å². The van der Waals surface area contributed by atoms with Gasteiger partial charge in [0.05, 0.1) is 24.0 Å². The van der Waals surface area contributed by atoms with E-state index in [1.807, 2.05) is 54.6 Å². The lowest BCUT2D eigenvalue weighted by Crippen LogP contribution is -1.94. The second-order valence-electron chi connectivity index (χ2n) is 6.24. The Labute approximate surface area is 166 Å². The van der Waals surface area contributed by atoms with Crippen molar-refractivity contribution in [3.05, 3.63) is 70.1 Å². The van der Waals surface area contributed by atoms with E-state index >= 15 is 0 Å². The normalized spacial score (nSPS) is 10.9. The smallest absolute Gasteiger partial charge is 0.197 e. The first-order valence-electron chi connectivity index (χ1n) is 8.36. The molecule has 0 bridgehead atoms. The van der Waals surface area contributed by atoms with Crippen molar-refractivity contribution in [2.45, 2.75) is 6.92 Å². The molecule has 2 aromatic heterocycles. The Morgan fingerprint density at radius 2 is 1.78 bits per heavy atom. The first-order valence-corrected chi connectivity index (χ1v) is 9.15. The minimum atomic E-state index is 0.393. The van der Waals surface area contributed by atoms with Crippen LogP contribution in [0.2, 0.25) is 5.15 Å². The number of hydrogen-bond acceptors (Lipinski definition) is 4. The van der Waals surface area contributed by atoms with E-state index < -0.39 is 0 Å². The van der Waals surface area contributed by atoms with Crippen molar-refractivity contribution in [1.29, 1.82) is 0 Å². The van der Waals surface area contributed by atoms with E-state index in [1.165, 1.54) is 5.56 Å². The number of nitrogens with one attached hydrogen (secondary N) is 1. The number of aromatic amines is 1. The maximum absolute atomic E-state index is 6.47.